The van der Waals surface area contributed by atoms with Crippen molar-refractivity contribution < 1.29 is 43.3 Å². The van der Waals surface area contributed by atoms with Crippen molar-refractivity contribution in [2.75, 3.05) is 13.2 Å². The van der Waals surface area contributed by atoms with Gasteiger partial charge in [-0.15, -0.1) is 0 Å². The number of carboxylic acids is 1. The Morgan fingerprint density at radius 3 is 2.16 bits per heavy atom. The largest absolute Gasteiger partial charge is 0.486 e. The molecule has 0 aromatic heterocycles. The van der Waals surface area contributed by atoms with E-state index < -0.39 is 40.2 Å². The highest BCUT2D eigenvalue weighted by Gasteiger charge is 2.71. The molecule has 0 radical (unpaired) electrons. The van der Waals surface area contributed by atoms with Crippen LogP contribution in [0.3, 0.4) is 0 Å². The van der Waals surface area contributed by atoms with Crippen molar-refractivity contribution in [3.63, 3.8) is 0 Å². The van der Waals surface area contributed by atoms with Crippen LogP contribution in [0.5, 0.6) is 11.5 Å². The van der Waals surface area contributed by atoms with Gasteiger partial charge in [-0.05, 0) is 146 Å². The molecule has 0 spiro atoms. The molecule has 10 atom stereocenters. The number of carbonyl (C=O) groups is 5. The fourth-order valence-corrected chi connectivity index (χ4v) is 14.9. The number of amides is 2. The molecule has 8 rings (SSSR count). The zero-order valence-corrected chi connectivity index (χ0v) is 38.5. The minimum atomic E-state index is -1.28. The Balaban J connectivity index is 1.03. The van der Waals surface area contributed by atoms with E-state index in [0.29, 0.717) is 55.0 Å². The summed E-state index contributed by atoms with van der Waals surface area (Å²) in [6, 6.07) is 5.03. The standard InChI is InChI=1S/C50H70N2O9/c1-27(2)38-32(53)26-50(52-43(58)46(7,8)51-40(54)28-12-14-33-34(24-28)60-23-22-59-33)21-20-48(10)29(39(38)50)13-15-36-47(9)18-17-37(45(5,6)35(47)16-19-49(36,48)11)61-42(57)31-25-30(41(55)56)44(31,3)4/h12,14,24,27,29-31,35-37H,13,15-23,25-26H2,1-11H3,(H,51,54)(H,52,58)(H,55,56)/t29-,30+,31-,35+,36-,37+,47+,48-,49-,50-/m1/s1. The number of hydrogen-bond acceptors (Lipinski definition) is 8. The van der Waals surface area contributed by atoms with Crippen molar-refractivity contribution in [1.29, 1.82) is 0 Å². The van der Waals surface area contributed by atoms with E-state index in [0.717, 1.165) is 56.1 Å². The van der Waals surface area contributed by atoms with Crippen molar-refractivity contribution in [1.82, 2.24) is 10.6 Å². The molecule has 61 heavy (non-hydrogen) atoms. The first-order valence-corrected chi connectivity index (χ1v) is 23.1. The first-order valence-electron chi connectivity index (χ1n) is 23.1. The number of allylic oxidation sites excluding steroid dienone is 1. The molecule has 3 N–H and O–H groups in total. The lowest BCUT2D eigenvalue weighted by atomic mass is 9.33. The molecule has 0 saturated heterocycles. The fourth-order valence-electron chi connectivity index (χ4n) is 14.9. The molecule has 11 nitrogen and oxygen atoms in total. The maximum atomic E-state index is 14.5. The van der Waals surface area contributed by atoms with Gasteiger partial charge in [0.15, 0.2) is 17.3 Å². The van der Waals surface area contributed by atoms with Gasteiger partial charge >= 0.3 is 11.9 Å². The highest BCUT2D eigenvalue weighted by atomic mass is 16.6. The lowest BCUT2D eigenvalue weighted by molar-refractivity contribution is -0.235. The van der Waals surface area contributed by atoms with E-state index in [1.807, 2.05) is 13.8 Å². The Bertz CT molecular complexity index is 2080. The molecule has 7 aliphatic rings. The molecule has 11 heteroatoms. The SMILES string of the molecule is CC(C)C1=C2[C@H]3CC[C@@H]4[C@@]5(C)CC[C@H](OC(=O)[C@H]6C[C@@H](C(=O)O)C6(C)C)C(C)(C)[C@@H]5CC[C@@]4(C)[C@]3(C)CC[C@@]2(NC(=O)C(C)(C)NC(=O)c2ccc3c(c2)OCCO3)CC1=O. The average Bonchev–Trinajstić information content (AvgIpc) is 3.46. The van der Waals surface area contributed by atoms with E-state index in [2.05, 4.69) is 59.1 Å². The molecular weight excluding hydrogens is 773 g/mol. The number of rotatable bonds is 8. The average molecular weight is 843 g/mol. The topological polar surface area (TPSA) is 157 Å². The van der Waals surface area contributed by atoms with E-state index in [1.54, 1.807) is 32.0 Å². The van der Waals surface area contributed by atoms with Gasteiger partial charge in [0.05, 0.1) is 17.4 Å². The number of benzene rings is 1. The monoisotopic (exact) mass is 843 g/mol. The Morgan fingerprint density at radius 2 is 1.51 bits per heavy atom. The van der Waals surface area contributed by atoms with Crippen LogP contribution in [0, 0.1) is 62.6 Å². The molecule has 0 bridgehead atoms. The number of carbonyl (C=O) groups excluding carboxylic acids is 4. The second kappa shape index (κ2) is 14.3. The lowest BCUT2D eigenvalue weighted by Crippen LogP contribution is -2.68. The van der Waals surface area contributed by atoms with Crippen molar-refractivity contribution in [3.05, 3.63) is 34.9 Å². The molecule has 5 fully saturated rings. The number of esters is 1. The third-order valence-electron chi connectivity index (χ3n) is 18.6. The minimum Gasteiger partial charge on any atom is -0.486 e. The summed E-state index contributed by atoms with van der Waals surface area (Å²) in [4.78, 5) is 67.8. The van der Waals surface area contributed by atoms with Gasteiger partial charge < -0.3 is 30.0 Å². The number of Topliss-reactive ketones (excluding diaryl/α,β-unsaturated/α-hetero) is 1. The van der Waals surface area contributed by atoms with Crippen LogP contribution in [-0.4, -0.2) is 65.0 Å². The number of ether oxygens (including phenoxy) is 3. The van der Waals surface area contributed by atoms with Crippen LogP contribution in [-0.2, 0) is 23.9 Å². The Hall–Kier alpha value is -3.89. The van der Waals surface area contributed by atoms with E-state index >= 15 is 0 Å². The van der Waals surface area contributed by atoms with Gasteiger partial charge in [-0.2, -0.15) is 0 Å². The van der Waals surface area contributed by atoms with Crippen LogP contribution in [0.2, 0.25) is 0 Å². The predicted octanol–water partition coefficient (Wildman–Crippen LogP) is 8.47. The maximum Gasteiger partial charge on any atom is 0.309 e. The molecule has 6 aliphatic carbocycles. The van der Waals surface area contributed by atoms with Crippen LogP contribution in [0.1, 0.15) is 151 Å². The van der Waals surface area contributed by atoms with Gasteiger partial charge in [0.25, 0.3) is 5.91 Å². The third-order valence-corrected chi connectivity index (χ3v) is 18.6. The van der Waals surface area contributed by atoms with Crippen molar-refractivity contribution >= 4 is 29.5 Å². The zero-order valence-electron chi connectivity index (χ0n) is 38.5. The molecule has 2 amide bonds. The fraction of sp³-hybridized carbons (Fsp3) is 0.740. The van der Waals surface area contributed by atoms with Crippen molar-refractivity contribution in [2.24, 2.45) is 62.6 Å². The van der Waals surface area contributed by atoms with E-state index in [-0.39, 0.29) is 63.7 Å². The summed E-state index contributed by atoms with van der Waals surface area (Å²) in [6.07, 6.45) is 7.59. The quantitative estimate of drug-likeness (QED) is 0.219. The van der Waals surface area contributed by atoms with Crippen LogP contribution >= 0.6 is 0 Å². The molecule has 0 unspecified atom stereocenters. The number of aliphatic carboxylic acids is 1. The number of carboxylic acid groups (broad SMARTS) is 1. The summed E-state index contributed by atoms with van der Waals surface area (Å²) >= 11 is 0. The summed E-state index contributed by atoms with van der Waals surface area (Å²) in [7, 11) is 0. The number of fused-ring (bicyclic) bond motifs is 8. The maximum absolute atomic E-state index is 14.5. The van der Waals surface area contributed by atoms with Crippen LogP contribution < -0.4 is 20.1 Å². The van der Waals surface area contributed by atoms with Gasteiger partial charge in [0.1, 0.15) is 24.9 Å². The smallest absolute Gasteiger partial charge is 0.309 e. The number of nitrogens with one attached hydrogen (secondary N) is 2. The second-order valence-corrected chi connectivity index (χ2v) is 23.0. The normalized spacial score (nSPS) is 38.2. The minimum absolute atomic E-state index is 0.00430. The third kappa shape index (κ3) is 6.41. The van der Waals surface area contributed by atoms with Gasteiger partial charge in [0.2, 0.25) is 5.91 Å². The summed E-state index contributed by atoms with van der Waals surface area (Å²) in [5.74, 6) is -0.652. The molecule has 1 aromatic carbocycles. The van der Waals surface area contributed by atoms with Gasteiger partial charge in [0, 0.05) is 17.4 Å². The molecule has 1 heterocycles. The molecule has 5 saturated carbocycles. The first-order chi connectivity index (χ1) is 28.3. The predicted molar refractivity (Wildman–Crippen MR) is 230 cm³/mol. The highest BCUT2D eigenvalue weighted by Crippen LogP contribution is 2.76. The van der Waals surface area contributed by atoms with Crippen LogP contribution in [0.15, 0.2) is 29.3 Å². The van der Waals surface area contributed by atoms with E-state index in [4.69, 9.17) is 14.2 Å². The summed E-state index contributed by atoms with van der Waals surface area (Å²) in [5, 5.41) is 16.1. The van der Waals surface area contributed by atoms with Crippen LogP contribution in [0.25, 0.3) is 0 Å². The van der Waals surface area contributed by atoms with E-state index in [1.165, 1.54) is 0 Å². The Kier molecular flexibility index (Phi) is 10.3. The lowest BCUT2D eigenvalue weighted by Gasteiger charge is -2.72. The Morgan fingerprint density at radius 1 is 0.820 bits per heavy atom. The van der Waals surface area contributed by atoms with E-state index in [9.17, 15) is 29.1 Å². The second-order valence-electron chi connectivity index (χ2n) is 23.0. The summed E-state index contributed by atoms with van der Waals surface area (Å²) < 4.78 is 17.8. The van der Waals surface area contributed by atoms with Crippen molar-refractivity contribution in [3.8, 4) is 11.5 Å². The molecule has 1 aromatic rings. The zero-order chi connectivity index (χ0) is 44.5. The van der Waals surface area contributed by atoms with Gasteiger partial charge in [-0.25, -0.2) is 0 Å². The van der Waals surface area contributed by atoms with Gasteiger partial charge in [-0.3, -0.25) is 24.0 Å². The highest BCUT2D eigenvalue weighted by molar-refractivity contribution is 6.03. The molecule has 334 valence electrons. The molecule has 1 aliphatic heterocycles. The first kappa shape index (κ1) is 43.7. The summed E-state index contributed by atoms with van der Waals surface area (Å²) in [5.41, 5.74) is -0.739. The van der Waals surface area contributed by atoms with Crippen LogP contribution in [0.4, 0.5) is 0 Å². The number of hydrogen-bond donors (Lipinski definition) is 3. The van der Waals surface area contributed by atoms with Crippen molar-refractivity contribution in [2.45, 2.75) is 158 Å². The number of ketones is 1. The summed E-state index contributed by atoms with van der Waals surface area (Å²) in [6.45, 7) is 24.3. The molecular formula is C50H70N2O9. The Labute approximate surface area is 362 Å². The van der Waals surface area contributed by atoms with Gasteiger partial charge in [-0.1, -0.05) is 62.3 Å².